The van der Waals surface area contributed by atoms with Gasteiger partial charge in [-0.1, -0.05) is 12.2 Å². The van der Waals surface area contributed by atoms with Crippen molar-refractivity contribution in [3.05, 3.63) is 17.5 Å². The summed E-state index contributed by atoms with van der Waals surface area (Å²) in [5.41, 5.74) is 7.11. The molecule has 0 radical (unpaired) electrons. The first-order chi connectivity index (χ1) is 9.60. The molecule has 0 bridgehead atoms. The smallest absolute Gasteiger partial charge is 0.226 e. The molecule has 20 heavy (non-hydrogen) atoms. The summed E-state index contributed by atoms with van der Waals surface area (Å²) in [4.78, 5) is 11.3. The SMILES string of the molecule is Cc1cc(C(N)=S)nc(N2CCC(OCCO)CC2)n1. The number of aliphatic hydroxyl groups is 1. The summed E-state index contributed by atoms with van der Waals surface area (Å²) >= 11 is 4.97. The van der Waals surface area contributed by atoms with E-state index >= 15 is 0 Å². The highest BCUT2D eigenvalue weighted by Gasteiger charge is 2.22. The molecular formula is C13H20N4O2S. The number of anilines is 1. The summed E-state index contributed by atoms with van der Waals surface area (Å²) < 4.78 is 5.54. The minimum Gasteiger partial charge on any atom is -0.394 e. The normalized spacial score (nSPS) is 16.4. The number of piperidine rings is 1. The van der Waals surface area contributed by atoms with Crippen LogP contribution in [0.25, 0.3) is 0 Å². The average molecular weight is 296 g/mol. The van der Waals surface area contributed by atoms with Crippen LogP contribution in [0, 0.1) is 6.92 Å². The fourth-order valence-electron chi connectivity index (χ4n) is 2.26. The van der Waals surface area contributed by atoms with Crippen molar-refractivity contribution >= 4 is 23.2 Å². The van der Waals surface area contributed by atoms with E-state index in [0.717, 1.165) is 31.6 Å². The van der Waals surface area contributed by atoms with E-state index < -0.39 is 0 Å². The van der Waals surface area contributed by atoms with Crippen molar-refractivity contribution in [1.82, 2.24) is 9.97 Å². The van der Waals surface area contributed by atoms with Crippen molar-refractivity contribution in [3.63, 3.8) is 0 Å². The van der Waals surface area contributed by atoms with E-state index in [9.17, 15) is 0 Å². The van der Waals surface area contributed by atoms with Crippen LogP contribution in [0.5, 0.6) is 0 Å². The molecule has 0 amide bonds. The lowest BCUT2D eigenvalue weighted by atomic mass is 10.1. The number of aliphatic hydroxyl groups excluding tert-OH is 1. The summed E-state index contributed by atoms with van der Waals surface area (Å²) in [5.74, 6) is 0.674. The summed E-state index contributed by atoms with van der Waals surface area (Å²) in [7, 11) is 0. The Bertz CT molecular complexity index is 475. The van der Waals surface area contributed by atoms with Crippen molar-refractivity contribution in [2.45, 2.75) is 25.9 Å². The van der Waals surface area contributed by atoms with E-state index in [0.29, 0.717) is 18.2 Å². The Hall–Kier alpha value is -1.31. The van der Waals surface area contributed by atoms with Crippen molar-refractivity contribution in [1.29, 1.82) is 0 Å². The highest BCUT2D eigenvalue weighted by molar-refractivity contribution is 7.80. The Morgan fingerprint density at radius 2 is 2.20 bits per heavy atom. The van der Waals surface area contributed by atoms with Gasteiger partial charge in [0.1, 0.15) is 10.7 Å². The van der Waals surface area contributed by atoms with Crippen LogP contribution in [0.3, 0.4) is 0 Å². The van der Waals surface area contributed by atoms with Gasteiger partial charge in [-0.05, 0) is 25.8 Å². The molecule has 1 aromatic heterocycles. The maximum Gasteiger partial charge on any atom is 0.226 e. The number of hydrogen-bond acceptors (Lipinski definition) is 6. The second kappa shape index (κ2) is 6.92. The number of nitrogens with zero attached hydrogens (tertiary/aromatic N) is 3. The van der Waals surface area contributed by atoms with Crippen molar-refractivity contribution < 1.29 is 9.84 Å². The van der Waals surface area contributed by atoms with Gasteiger partial charge in [-0.15, -0.1) is 0 Å². The molecule has 110 valence electrons. The largest absolute Gasteiger partial charge is 0.394 e. The lowest BCUT2D eigenvalue weighted by Crippen LogP contribution is -2.38. The van der Waals surface area contributed by atoms with E-state index in [-0.39, 0.29) is 17.7 Å². The highest BCUT2D eigenvalue weighted by Crippen LogP contribution is 2.19. The summed E-state index contributed by atoms with van der Waals surface area (Å²) in [6.45, 7) is 4.03. The Morgan fingerprint density at radius 1 is 1.50 bits per heavy atom. The van der Waals surface area contributed by atoms with Gasteiger partial charge >= 0.3 is 0 Å². The van der Waals surface area contributed by atoms with Gasteiger partial charge in [-0.2, -0.15) is 0 Å². The van der Waals surface area contributed by atoms with Gasteiger partial charge in [0.2, 0.25) is 5.95 Å². The van der Waals surface area contributed by atoms with E-state index in [1.165, 1.54) is 0 Å². The fourth-order valence-corrected chi connectivity index (χ4v) is 2.37. The lowest BCUT2D eigenvalue weighted by molar-refractivity contribution is 0.0157. The van der Waals surface area contributed by atoms with Crippen molar-refractivity contribution in [3.8, 4) is 0 Å². The van der Waals surface area contributed by atoms with E-state index in [4.69, 9.17) is 27.8 Å². The zero-order valence-electron chi connectivity index (χ0n) is 11.6. The van der Waals surface area contributed by atoms with Crippen LogP contribution in [0.4, 0.5) is 5.95 Å². The minimum absolute atomic E-state index is 0.0680. The van der Waals surface area contributed by atoms with Gasteiger partial charge in [0.25, 0.3) is 0 Å². The van der Waals surface area contributed by atoms with Gasteiger partial charge in [-0.25, -0.2) is 9.97 Å². The van der Waals surface area contributed by atoms with E-state index in [2.05, 4.69) is 14.9 Å². The van der Waals surface area contributed by atoms with Crippen LogP contribution in [0.1, 0.15) is 24.2 Å². The molecule has 0 saturated carbocycles. The topological polar surface area (TPSA) is 84.5 Å². The second-order valence-electron chi connectivity index (χ2n) is 4.84. The predicted molar refractivity (Wildman–Crippen MR) is 80.9 cm³/mol. The zero-order chi connectivity index (χ0) is 14.5. The third kappa shape index (κ3) is 3.84. The molecule has 1 aliphatic rings. The number of aryl methyl sites for hydroxylation is 1. The molecule has 0 aliphatic carbocycles. The first-order valence-corrected chi connectivity index (χ1v) is 7.14. The number of thiocarbonyl (C=S) groups is 1. The quantitative estimate of drug-likeness (QED) is 0.761. The van der Waals surface area contributed by atoms with Gasteiger partial charge in [-0.3, -0.25) is 0 Å². The number of hydrogen-bond donors (Lipinski definition) is 2. The van der Waals surface area contributed by atoms with Crippen LogP contribution >= 0.6 is 12.2 Å². The molecule has 7 heteroatoms. The molecule has 1 saturated heterocycles. The van der Waals surface area contributed by atoms with Crippen LogP contribution < -0.4 is 10.6 Å². The van der Waals surface area contributed by atoms with Gasteiger partial charge in [0.05, 0.1) is 19.3 Å². The third-order valence-corrected chi connectivity index (χ3v) is 3.47. The molecular weight excluding hydrogens is 276 g/mol. The molecule has 2 heterocycles. The molecule has 0 unspecified atom stereocenters. The molecule has 1 aromatic rings. The van der Waals surface area contributed by atoms with Gasteiger partial charge in [0, 0.05) is 18.8 Å². The van der Waals surface area contributed by atoms with E-state index in [1.54, 1.807) is 6.07 Å². The molecule has 1 aliphatic heterocycles. The van der Waals surface area contributed by atoms with Crippen LogP contribution in [-0.4, -0.2) is 52.5 Å². The number of aromatic nitrogens is 2. The number of rotatable bonds is 5. The van der Waals surface area contributed by atoms with Crippen molar-refractivity contribution in [2.24, 2.45) is 5.73 Å². The number of ether oxygens (including phenoxy) is 1. The molecule has 0 atom stereocenters. The maximum atomic E-state index is 8.76. The highest BCUT2D eigenvalue weighted by atomic mass is 32.1. The molecule has 1 fully saturated rings. The first-order valence-electron chi connectivity index (χ1n) is 6.73. The summed E-state index contributed by atoms with van der Waals surface area (Å²) in [5, 5.41) is 8.76. The molecule has 6 nitrogen and oxygen atoms in total. The standard InChI is InChI=1S/C13H20N4O2S/c1-9-8-11(12(14)20)16-13(15-9)17-4-2-10(3-5-17)19-7-6-18/h8,10,18H,2-7H2,1H3,(H2,14,20). The Balaban J connectivity index is 2.01. The molecule has 2 rings (SSSR count). The van der Waals surface area contributed by atoms with Crippen molar-refractivity contribution in [2.75, 3.05) is 31.2 Å². The monoisotopic (exact) mass is 296 g/mol. The molecule has 3 N–H and O–H groups in total. The number of nitrogens with two attached hydrogens (primary N) is 1. The summed E-state index contributed by atoms with van der Waals surface area (Å²) in [6, 6.07) is 1.79. The zero-order valence-corrected chi connectivity index (χ0v) is 12.4. The summed E-state index contributed by atoms with van der Waals surface area (Å²) in [6.07, 6.45) is 2.01. The Morgan fingerprint density at radius 3 is 2.80 bits per heavy atom. The first kappa shape index (κ1) is 15.1. The molecule has 0 aromatic carbocycles. The second-order valence-corrected chi connectivity index (χ2v) is 5.28. The van der Waals surface area contributed by atoms with Gasteiger partial charge in [0.15, 0.2) is 0 Å². The fraction of sp³-hybridized carbons (Fsp3) is 0.615. The van der Waals surface area contributed by atoms with Crippen LogP contribution in [0.15, 0.2) is 6.07 Å². The van der Waals surface area contributed by atoms with Crippen LogP contribution in [0.2, 0.25) is 0 Å². The minimum atomic E-state index is 0.0680. The lowest BCUT2D eigenvalue weighted by Gasteiger charge is -2.32. The molecule has 0 spiro atoms. The van der Waals surface area contributed by atoms with Gasteiger partial charge < -0.3 is 20.5 Å². The third-order valence-electron chi connectivity index (χ3n) is 3.26. The van der Waals surface area contributed by atoms with E-state index in [1.807, 2.05) is 6.92 Å². The predicted octanol–water partition coefficient (Wildman–Crippen LogP) is 0.397. The van der Waals surface area contributed by atoms with Crippen LogP contribution in [-0.2, 0) is 4.74 Å². The average Bonchev–Trinajstić information content (AvgIpc) is 2.45. The Labute approximate surface area is 124 Å². The Kier molecular flexibility index (Phi) is 5.22. The maximum absolute atomic E-state index is 8.76.